The highest BCUT2D eigenvalue weighted by Crippen LogP contribution is 2.33. The first-order valence-corrected chi connectivity index (χ1v) is 6.87. The van der Waals surface area contributed by atoms with Crippen molar-refractivity contribution < 1.29 is 4.42 Å². The number of rotatable bonds is 4. The summed E-state index contributed by atoms with van der Waals surface area (Å²) in [5.74, 6) is 0. The quantitative estimate of drug-likeness (QED) is 0.939. The van der Waals surface area contributed by atoms with E-state index in [9.17, 15) is 0 Å². The summed E-state index contributed by atoms with van der Waals surface area (Å²) < 4.78 is 6.24. The number of benzene rings is 1. The van der Waals surface area contributed by atoms with Crippen LogP contribution in [0.4, 0.5) is 0 Å². The normalized spacial score (nSPS) is 12.6. The Morgan fingerprint density at radius 2 is 2.35 bits per heavy atom. The molecule has 2 aromatic rings. The third kappa shape index (κ3) is 3.59. The van der Waals surface area contributed by atoms with E-state index in [0.29, 0.717) is 5.22 Å². The molecule has 0 amide bonds. The predicted molar refractivity (Wildman–Crippen MR) is 72.1 cm³/mol. The van der Waals surface area contributed by atoms with E-state index in [1.54, 1.807) is 12.5 Å². The van der Waals surface area contributed by atoms with Crippen molar-refractivity contribution >= 4 is 27.7 Å². The molecule has 1 heterocycles. The van der Waals surface area contributed by atoms with Gasteiger partial charge in [-0.05, 0) is 58.7 Å². The van der Waals surface area contributed by atoms with Gasteiger partial charge in [-0.3, -0.25) is 0 Å². The molecule has 0 saturated heterocycles. The number of nitrogens with two attached hydrogens (primary N) is 1. The molecule has 1 unspecified atom stereocenters. The number of aromatic nitrogens is 1. The van der Waals surface area contributed by atoms with Gasteiger partial charge < -0.3 is 10.2 Å². The fourth-order valence-electron chi connectivity index (χ4n) is 1.48. The fraction of sp³-hybridized carbons (Fsp3) is 0.250. The molecule has 0 spiro atoms. The fourth-order valence-corrected chi connectivity index (χ4v) is 2.85. The van der Waals surface area contributed by atoms with Crippen molar-refractivity contribution in [3.8, 4) is 0 Å². The zero-order valence-electron chi connectivity index (χ0n) is 9.39. The molecule has 0 saturated carbocycles. The molecule has 0 aliphatic carbocycles. The first-order chi connectivity index (χ1) is 8.15. The minimum Gasteiger partial charge on any atom is -0.440 e. The molecule has 0 bridgehead atoms. The van der Waals surface area contributed by atoms with Crippen LogP contribution in [-0.4, -0.2) is 11.0 Å². The van der Waals surface area contributed by atoms with Crippen LogP contribution in [-0.2, 0) is 6.42 Å². The molecule has 0 aliphatic heterocycles. The smallest absolute Gasteiger partial charge is 0.260 e. The topological polar surface area (TPSA) is 52.0 Å². The molecule has 1 aromatic heterocycles. The molecule has 3 nitrogen and oxygen atoms in total. The third-order valence-electron chi connectivity index (χ3n) is 2.16. The van der Waals surface area contributed by atoms with Gasteiger partial charge in [0.1, 0.15) is 6.26 Å². The average molecular weight is 313 g/mol. The zero-order chi connectivity index (χ0) is 12.3. The van der Waals surface area contributed by atoms with Crippen molar-refractivity contribution in [2.75, 3.05) is 0 Å². The first-order valence-electron chi connectivity index (χ1n) is 5.26. The second-order valence-corrected chi connectivity index (χ2v) is 5.69. The van der Waals surface area contributed by atoms with Crippen LogP contribution in [0.15, 0.2) is 49.7 Å². The molecule has 2 rings (SSSR count). The van der Waals surface area contributed by atoms with E-state index in [2.05, 4.69) is 39.1 Å². The molecular formula is C12H13BrN2OS. The lowest BCUT2D eigenvalue weighted by molar-refractivity contribution is 0.454. The number of hydrogen-bond acceptors (Lipinski definition) is 4. The molecule has 0 fully saturated rings. The van der Waals surface area contributed by atoms with Gasteiger partial charge in [0, 0.05) is 15.4 Å². The van der Waals surface area contributed by atoms with Crippen molar-refractivity contribution in [1.82, 2.24) is 4.98 Å². The van der Waals surface area contributed by atoms with Crippen LogP contribution in [0.25, 0.3) is 0 Å². The number of hydrogen-bond donors (Lipinski definition) is 1. The van der Waals surface area contributed by atoms with Gasteiger partial charge in [-0.2, -0.15) is 0 Å². The predicted octanol–water partition coefficient (Wildman–Crippen LogP) is 3.48. The number of nitrogens with zero attached hydrogens (tertiary/aromatic N) is 1. The molecular weight excluding hydrogens is 300 g/mol. The second-order valence-electron chi connectivity index (χ2n) is 3.85. The van der Waals surface area contributed by atoms with E-state index in [-0.39, 0.29) is 6.04 Å². The standard InChI is InChI=1S/C12H13BrN2OS/c1-8(14)6-9-2-3-11(10(13)7-9)17-12-15-4-5-16-12/h2-5,7-8H,6,14H2,1H3. The molecule has 1 aromatic carbocycles. The number of oxazole rings is 1. The molecule has 0 radical (unpaired) electrons. The first kappa shape index (κ1) is 12.7. The van der Waals surface area contributed by atoms with Crippen molar-refractivity contribution in [1.29, 1.82) is 0 Å². The Morgan fingerprint density at radius 3 is 2.94 bits per heavy atom. The average Bonchev–Trinajstić information content (AvgIpc) is 2.74. The largest absolute Gasteiger partial charge is 0.440 e. The molecule has 90 valence electrons. The zero-order valence-corrected chi connectivity index (χ0v) is 11.8. The van der Waals surface area contributed by atoms with Crippen LogP contribution in [0.2, 0.25) is 0 Å². The summed E-state index contributed by atoms with van der Waals surface area (Å²) in [7, 11) is 0. The van der Waals surface area contributed by atoms with Crippen LogP contribution in [0, 0.1) is 0 Å². The van der Waals surface area contributed by atoms with Gasteiger partial charge >= 0.3 is 0 Å². The van der Waals surface area contributed by atoms with E-state index in [1.807, 2.05) is 6.92 Å². The van der Waals surface area contributed by atoms with Crippen molar-refractivity contribution in [3.05, 3.63) is 40.7 Å². The van der Waals surface area contributed by atoms with Gasteiger partial charge in [-0.15, -0.1) is 0 Å². The van der Waals surface area contributed by atoms with E-state index in [1.165, 1.54) is 17.3 Å². The molecule has 5 heteroatoms. The van der Waals surface area contributed by atoms with E-state index < -0.39 is 0 Å². The van der Waals surface area contributed by atoms with Gasteiger partial charge in [0.05, 0.1) is 6.20 Å². The lowest BCUT2D eigenvalue weighted by Crippen LogP contribution is -2.17. The van der Waals surface area contributed by atoms with Gasteiger partial charge in [-0.1, -0.05) is 6.07 Å². The summed E-state index contributed by atoms with van der Waals surface area (Å²) in [4.78, 5) is 5.16. The summed E-state index contributed by atoms with van der Waals surface area (Å²) in [6.07, 6.45) is 4.09. The summed E-state index contributed by atoms with van der Waals surface area (Å²) in [5, 5.41) is 0.644. The third-order valence-corrected chi connectivity index (χ3v) is 4.03. The Hall–Kier alpha value is -0.780. The Labute approximate surface area is 113 Å². The summed E-state index contributed by atoms with van der Waals surface area (Å²) in [5.41, 5.74) is 7.00. The maximum Gasteiger partial charge on any atom is 0.260 e. The summed E-state index contributed by atoms with van der Waals surface area (Å²) in [6, 6.07) is 6.40. The minimum atomic E-state index is 0.173. The Morgan fingerprint density at radius 1 is 1.53 bits per heavy atom. The molecule has 2 N–H and O–H groups in total. The van der Waals surface area contributed by atoms with Crippen molar-refractivity contribution in [2.45, 2.75) is 29.5 Å². The van der Waals surface area contributed by atoms with Crippen LogP contribution in [0.1, 0.15) is 12.5 Å². The highest BCUT2D eigenvalue weighted by molar-refractivity contribution is 9.10. The summed E-state index contributed by atoms with van der Waals surface area (Å²) >= 11 is 5.04. The van der Waals surface area contributed by atoms with Gasteiger partial charge in [0.15, 0.2) is 0 Å². The van der Waals surface area contributed by atoms with Crippen LogP contribution in [0.3, 0.4) is 0 Å². The van der Waals surface area contributed by atoms with Crippen molar-refractivity contribution in [2.24, 2.45) is 5.73 Å². The summed E-state index contributed by atoms with van der Waals surface area (Å²) in [6.45, 7) is 2.00. The maximum atomic E-state index is 5.78. The van der Waals surface area contributed by atoms with E-state index >= 15 is 0 Å². The van der Waals surface area contributed by atoms with Gasteiger partial charge in [0.25, 0.3) is 5.22 Å². The van der Waals surface area contributed by atoms with Crippen LogP contribution in [0.5, 0.6) is 0 Å². The minimum absolute atomic E-state index is 0.173. The highest BCUT2D eigenvalue weighted by atomic mass is 79.9. The van der Waals surface area contributed by atoms with Crippen molar-refractivity contribution in [3.63, 3.8) is 0 Å². The molecule has 0 aliphatic rings. The highest BCUT2D eigenvalue weighted by Gasteiger charge is 2.07. The SMILES string of the molecule is CC(N)Cc1ccc(Sc2ncco2)c(Br)c1. The Kier molecular flexibility index (Phi) is 4.25. The lowest BCUT2D eigenvalue weighted by atomic mass is 10.1. The van der Waals surface area contributed by atoms with Gasteiger partial charge in [-0.25, -0.2) is 4.98 Å². The van der Waals surface area contributed by atoms with E-state index in [0.717, 1.165) is 15.8 Å². The lowest BCUT2D eigenvalue weighted by Gasteiger charge is -2.07. The number of halogens is 1. The molecule has 17 heavy (non-hydrogen) atoms. The van der Waals surface area contributed by atoms with Crippen LogP contribution < -0.4 is 5.73 Å². The second kappa shape index (κ2) is 5.71. The molecule has 1 atom stereocenters. The monoisotopic (exact) mass is 312 g/mol. The van der Waals surface area contributed by atoms with Crippen LogP contribution >= 0.6 is 27.7 Å². The maximum absolute atomic E-state index is 5.78. The Balaban J connectivity index is 2.14. The Bertz CT molecular complexity index is 485. The van der Waals surface area contributed by atoms with Gasteiger partial charge in [0.2, 0.25) is 0 Å². The van der Waals surface area contributed by atoms with E-state index in [4.69, 9.17) is 10.2 Å².